The first-order chi connectivity index (χ1) is 19.0. The Kier molecular flexibility index (Phi) is 6.64. The molecule has 2 atom stereocenters. The summed E-state index contributed by atoms with van der Waals surface area (Å²) in [6.07, 6.45) is 7.07. The number of ether oxygens (including phenoxy) is 1. The maximum Gasteiger partial charge on any atom is 0.239 e. The number of H-pyrrole nitrogens is 1. The number of aromatic amines is 1. The quantitative estimate of drug-likeness (QED) is 0.294. The standard InChI is InChI=1S/C28H29N9O2/c29-24(13-19-14-31-17-32-19)28(38)36-12-4-5-20(16-36)37-27-23(15-33-37)25(30)34-26(35-27)18-8-10-22(11-9-18)39-21-6-2-1-3-7-21/h1-3,6-11,14-15,17,20,24H,4-5,12-13,16,29H2,(H,31,32)(H2,30,34,35)/t20-,24+/m1/s1. The van der Waals surface area contributed by atoms with Crippen LogP contribution < -0.4 is 16.2 Å². The Labute approximate surface area is 224 Å². The summed E-state index contributed by atoms with van der Waals surface area (Å²) < 4.78 is 7.76. The number of imidazole rings is 1. The topological polar surface area (TPSA) is 154 Å². The second-order valence-corrected chi connectivity index (χ2v) is 9.67. The Balaban J connectivity index is 1.22. The lowest BCUT2D eigenvalue weighted by atomic mass is 10.0. The summed E-state index contributed by atoms with van der Waals surface area (Å²) in [6, 6.07) is 16.5. The van der Waals surface area contributed by atoms with Crippen molar-refractivity contribution < 1.29 is 9.53 Å². The minimum atomic E-state index is -0.642. The third-order valence-electron chi connectivity index (χ3n) is 6.94. The zero-order chi connectivity index (χ0) is 26.8. The van der Waals surface area contributed by atoms with Gasteiger partial charge in [0.1, 0.15) is 17.3 Å². The van der Waals surface area contributed by atoms with E-state index in [9.17, 15) is 4.79 Å². The maximum absolute atomic E-state index is 13.1. The van der Waals surface area contributed by atoms with Crippen LogP contribution in [0, 0.1) is 0 Å². The Morgan fingerprint density at radius 2 is 1.87 bits per heavy atom. The normalized spacial score (nSPS) is 16.3. The van der Waals surface area contributed by atoms with Gasteiger partial charge in [-0.1, -0.05) is 18.2 Å². The summed E-state index contributed by atoms with van der Waals surface area (Å²) in [7, 11) is 0. The molecule has 1 amide bonds. The molecule has 0 saturated carbocycles. The molecular weight excluding hydrogens is 494 g/mol. The average Bonchev–Trinajstić information content (AvgIpc) is 3.64. The highest BCUT2D eigenvalue weighted by Crippen LogP contribution is 2.30. The number of nitrogens with two attached hydrogens (primary N) is 2. The fourth-order valence-corrected chi connectivity index (χ4v) is 4.95. The van der Waals surface area contributed by atoms with Crippen LogP contribution >= 0.6 is 0 Å². The van der Waals surface area contributed by atoms with E-state index in [2.05, 4.69) is 20.1 Å². The van der Waals surface area contributed by atoms with Gasteiger partial charge in [-0.25, -0.2) is 19.6 Å². The van der Waals surface area contributed by atoms with E-state index in [1.165, 1.54) is 0 Å². The zero-order valence-corrected chi connectivity index (χ0v) is 21.3. The van der Waals surface area contributed by atoms with Gasteiger partial charge in [0.15, 0.2) is 11.5 Å². The van der Waals surface area contributed by atoms with Gasteiger partial charge in [-0.3, -0.25) is 4.79 Å². The van der Waals surface area contributed by atoms with E-state index in [1.54, 1.807) is 18.7 Å². The molecule has 1 fully saturated rings. The molecule has 2 aromatic carbocycles. The van der Waals surface area contributed by atoms with E-state index >= 15 is 0 Å². The number of amides is 1. The molecule has 39 heavy (non-hydrogen) atoms. The average molecular weight is 524 g/mol. The number of hydrogen-bond acceptors (Lipinski definition) is 8. The van der Waals surface area contributed by atoms with Crippen molar-refractivity contribution in [2.24, 2.45) is 5.73 Å². The number of nitrogens with one attached hydrogen (secondary N) is 1. The Hall–Kier alpha value is -4.77. The highest BCUT2D eigenvalue weighted by atomic mass is 16.5. The first-order valence-corrected chi connectivity index (χ1v) is 12.9. The van der Waals surface area contributed by atoms with Gasteiger partial charge in [-0.15, -0.1) is 0 Å². The van der Waals surface area contributed by atoms with Gasteiger partial charge < -0.3 is 26.1 Å². The van der Waals surface area contributed by atoms with Crippen LogP contribution in [0.2, 0.25) is 0 Å². The summed E-state index contributed by atoms with van der Waals surface area (Å²) in [5.41, 5.74) is 14.9. The highest BCUT2D eigenvalue weighted by Gasteiger charge is 2.30. The largest absolute Gasteiger partial charge is 0.457 e. The van der Waals surface area contributed by atoms with Gasteiger partial charge in [-0.2, -0.15) is 5.10 Å². The minimum absolute atomic E-state index is 0.0525. The molecule has 11 nitrogen and oxygen atoms in total. The van der Waals surface area contributed by atoms with Gasteiger partial charge in [-0.05, 0) is 49.2 Å². The molecule has 0 spiro atoms. The second kappa shape index (κ2) is 10.5. The molecule has 1 saturated heterocycles. The number of nitrogen functional groups attached to an aromatic ring is 1. The summed E-state index contributed by atoms with van der Waals surface area (Å²) in [5, 5.41) is 5.29. The van der Waals surface area contributed by atoms with Gasteiger partial charge in [0.05, 0.1) is 30.0 Å². The number of nitrogens with zero attached hydrogens (tertiary/aromatic N) is 6. The molecule has 0 bridgehead atoms. The minimum Gasteiger partial charge on any atom is -0.457 e. The van der Waals surface area contributed by atoms with Crippen LogP contribution in [0.3, 0.4) is 0 Å². The number of fused-ring (bicyclic) bond motifs is 1. The van der Waals surface area contributed by atoms with Gasteiger partial charge in [0, 0.05) is 37.0 Å². The van der Waals surface area contributed by atoms with Crippen molar-refractivity contribution in [2.75, 3.05) is 18.8 Å². The van der Waals surface area contributed by atoms with Crippen molar-refractivity contribution in [1.82, 2.24) is 34.6 Å². The van der Waals surface area contributed by atoms with Crippen molar-refractivity contribution in [3.63, 3.8) is 0 Å². The van der Waals surface area contributed by atoms with E-state index in [4.69, 9.17) is 21.2 Å². The van der Waals surface area contributed by atoms with Crippen molar-refractivity contribution >= 4 is 22.8 Å². The van der Waals surface area contributed by atoms with Crippen LogP contribution in [0.5, 0.6) is 11.5 Å². The predicted molar refractivity (Wildman–Crippen MR) is 147 cm³/mol. The van der Waals surface area contributed by atoms with Crippen LogP contribution in [-0.4, -0.2) is 59.7 Å². The van der Waals surface area contributed by atoms with Crippen LogP contribution in [0.15, 0.2) is 73.3 Å². The lowest BCUT2D eigenvalue weighted by Crippen LogP contribution is -2.49. The zero-order valence-electron chi connectivity index (χ0n) is 21.3. The van der Waals surface area contributed by atoms with Gasteiger partial charge in [0.2, 0.25) is 5.91 Å². The van der Waals surface area contributed by atoms with Crippen LogP contribution in [-0.2, 0) is 11.2 Å². The fourth-order valence-electron chi connectivity index (χ4n) is 4.95. The molecule has 0 unspecified atom stereocenters. The monoisotopic (exact) mass is 523 g/mol. The number of hydrogen-bond donors (Lipinski definition) is 3. The van der Waals surface area contributed by atoms with Crippen molar-refractivity contribution in [3.8, 4) is 22.9 Å². The molecule has 11 heteroatoms. The molecule has 198 valence electrons. The molecule has 5 aromatic rings. The third kappa shape index (κ3) is 5.16. The number of para-hydroxylation sites is 1. The summed E-state index contributed by atoms with van der Waals surface area (Å²) in [4.78, 5) is 31.3. The molecule has 0 aliphatic carbocycles. The van der Waals surface area contributed by atoms with E-state index < -0.39 is 6.04 Å². The van der Waals surface area contributed by atoms with E-state index in [0.717, 1.165) is 29.8 Å². The molecule has 1 aliphatic rings. The number of aromatic nitrogens is 6. The van der Waals surface area contributed by atoms with Crippen molar-refractivity contribution in [1.29, 1.82) is 0 Å². The first-order valence-electron chi connectivity index (χ1n) is 12.9. The Bertz CT molecular complexity index is 1570. The molecule has 1 aliphatic heterocycles. The Morgan fingerprint density at radius 1 is 1.08 bits per heavy atom. The number of anilines is 1. The molecule has 6 rings (SSSR count). The molecular formula is C28H29N9O2. The number of piperidine rings is 1. The van der Waals surface area contributed by atoms with Gasteiger partial charge >= 0.3 is 0 Å². The summed E-state index contributed by atoms with van der Waals surface area (Å²) in [5.74, 6) is 2.24. The van der Waals surface area contributed by atoms with Crippen LogP contribution in [0.4, 0.5) is 5.82 Å². The van der Waals surface area contributed by atoms with Crippen molar-refractivity contribution in [2.45, 2.75) is 31.3 Å². The summed E-state index contributed by atoms with van der Waals surface area (Å²) in [6.45, 7) is 1.15. The van der Waals surface area contributed by atoms with Crippen molar-refractivity contribution in [3.05, 3.63) is 79.0 Å². The molecule has 3 aromatic heterocycles. The third-order valence-corrected chi connectivity index (χ3v) is 6.94. The SMILES string of the molecule is Nc1nc(-c2ccc(Oc3ccccc3)cc2)nc2c1cnn2[C@@H]1CCCN(C(=O)[C@@H](N)Cc2cnc[nH]2)C1. The first kappa shape index (κ1) is 24.6. The van der Waals surface area contributed by atoms with Crippen LogP contribution in [0.25, 0.3) is 22.4 Å². The van der Waals surface area contributed by atoms with E-state index in [-0.39, 0.29) is 11.9 Å². The summed E-state index contributed by atoms with van der Waals surface area (Å²) >= 11 is 0. The lowest BCUT2D eigenvalue weighted by Gasteiger charge is -2.34. The van der Waals surface area contributed by atoms with E-state index in [1.807, 2.05) is 64.2 Å². The van der Waals surface area contributed by atoms with Gasteiger partial charge in [0.25, 0.3) is 0 Å². The second-order valence-electron chi connectivity index (χ2n) is 9.67. The number of likely N-dealkylation sites (tertiary alicyclic amines) is 1. The maximum atomic E-state index is 13.1. The number of rotatable bonds is 7. The number of benzene rings is 2. The lowest BCUT2D eigenvalue weighted by molar-refractivity contribution is -0.134. The predicted octanol–water partition coefficient (Wildman–Crippen LogP) is 3.32. The number of carbonyl (C=O) groups is 1. The molecule has 0 radical (unpaired) electrons. The highest BCUT2D eigenvalue weighted by molar-refractivity contribution is 5.87. The van der Waals surface area contributed by atoms with E-state index in [0.29, 0.717) is 47.9 Å². The smallest absolute Gasteiger partial charge is 0.239 e. The Morgan fingerprint density at radius 3 is 2.64 bits per heavy atom. The van der Waals surface area contributed by atoms with Crippen LogP contribution in [0.1, 0.15) is 24.6 Å². The number of carbonyl (C=O) groups excluding carboxylic acids is 1. The molecule has 5 N–H and O–H groups in total. The molecule has 4 heterocycles. The fraction of sp³-hybridized carbons (Fsp3) is 0.250.